The standard InChI is InChI=1S/C32H45N3O4Si2/c1-23(36)38-27-19-29(39-28(27)21-37-41(8,9)32(2,3)4)35-20-25(17-18-40(5,6)7)30-26(33-22-34-31(30)35)16-15-24-13-11-10-12-14-24/h10-14,20,22,27-29H,15-16,19,21H2,1-9H3/t27-,28+,29+/m0/s1. The molecule has 2 aromatic heterocycles. The number of hydrogen-bond acceptors (Lipinski definition) is 6. The van der Waals surface area contributed by atoms with E-state index in [-0.39, 0.29) is 23.3 Å². The lowest BCUT2D eigenvalue weighted by atomic mass is 10.1. The summed E-state index contributed by atoms with van der Waals surface area (Å²) in [5, 5.41) is 1.04. The van der Waals surface area contributed by atoms with Crippen LogP contribution < -0.4 is 0 Å². The number of rotatable bonds is 8. The van der Waals surface area contributed by atoms with Gasteiger partial charge in [-0.1, -0.05) is 76.7 Å². The highest BCUT2D eigenvalue weighted by Gasteiger charge is 2.43. The van der Waals surface area contributed by atoms with Crippen LogP contribution in [0.1, 0.15) is 57.2 Å². The van der Waals surface area contributed by atoms with Crippen LogP contribution in [-0.2, 0) is 31.5 Å². The number of ether oxygens (including phenoxy) is 2. The second kappa shape index (κ2) is 12.2. The molecule has 220 valence electrons. The summed E-state index contributed by atoms with van der Waals surface area (Å²) in [5.74, 6) is 3.16. The molecule has 0 radical (unpaired) electrons. The van der Waals surface area contributed by atoms with Gasteiger partial charge in [0.25, 0.3) is 0 Å². The van der Waals surface area contributed by atoms with Crippen molar-refractivity contribution < 1.29 is 18.7 Å². The van der Waals surface area contributed by atoms with Crippen molar-refractivity contribution in [1.29, 1.82) is 0 Å². The minimum absolute atomic E-state index is 0.0651. The molecule has 0 bridgehead atoms. The highest BCUT2D eigenvalue weighted by molar-refractivity contribution is 6.83. The van der Waals surface area contributed by atoms with Crippen molar-refractivity contribution >= 4 is 33.4 Å². The Hall–Kier alpha value is -2.78. The Morgan fingerprint density at radius 3 is 2.44 bits per heavy atom. The lowest BCUT2D eigenvalue weighted by molar-refractivity contribution is -0.150. The van der Waals surface area contributed by atoms with E-state index in [0.29, 0.717) is 13.0 Å². The van der Waals surface area contributed by atoms with Crippen LogP contribution in [0.2, 0.25) is 37.8 Å². The maximum absolute atomic E-state index is 12.0. The molecule has 0 spiro atoms. The first kappa shape index (κ1) is 31.2. The van der Waals surface area contributed by atoms with E-state index in [2.05, 4.69) is 93.8 Å². The number of carbonyl (C=O) groups excluding carboxylic acids is 1. The minimum Gasteiger partial charge on any atom is -0.460 e. The zero-order chi connectivity index (χ0) is 30.0. The van der Waals surface area contributed by atoms with Crippen LogP contribution in [0.4, 0.5) is 0 Å². The molecule has 0 aliphatic carbocycles. The molecule has 3 heterocycles. The van der Waals surface area contributed by atoms with Crippen LogP contribution in [0, 0.1) is 11.5 Å². The van der Waals surface area contributed by atoms with Gasteiger partial charge in [0, 0.05) is 19.5 Å². The molecule has 1 saturated heterocycles. The number of aromatic nitrogens is 3. The topological polar surface area (TPSA) is 75.5 Å². The third-order valence-corrected chi connectivity index (χ3v) is 13.4. The van der Waals surface area contributed by atoms with Crippen molar-refractivity contribution in [2.45, 2.75) is 103 Å². The van der Waals surface area contributed by atoms with E-state index in [1.54, 1.807) is 6.33 Å². The van der Waals surface area contributed by atoms with Crippen LogP contribution in [0.15, 0.2) is 42.9 Å². The molecule has 3 aromatic rings. The fourth-order valence-corrected chi connectivity index (χ4v) is 6.20. The molecule has 4 rings (SSSR count). The normalized spacial score (nSPS) is 19.7. The molecule has 7 nitrogen and oxygen atoms in total. The summed E-state index contributed by atoms with van der Waals surface area (Å²) in [4.78, 5) is 21.5. The molecule has 9 heteroatoms. The van der Waals surface area contributed by atoms with Gasteiger partial charge < -0.3 is 18.5 Å². The summed E-state index contributed by atoms with van der Waals surface area (Å²) in [7, 11) is -3.65. The van der Waals surface area contributed by atoms with Crippen molar-refractivity contribution in [2.24, 2.45) is 0 Å². The van der Waals surface area contributed by atoms with E-state index in [1.165, 1.54) is 12.5 Å². The fraction of sp³-hybridized carbons (Fsp3) is 0.531. The van der Waals surface area contributed by atoms with Gasteiger partial charge >= 0.3 is 5.97 Å². The van der Waals surface area contributed by atoms with Crippen LogP contribution in [0.5, 0.6) is 0 Å². The lowest BCUT2D eigenvalue weighted by Gasteiger charge is -2.37. The maximum Gasteiger partial charge on any atom is 0.302 e. The van der Waals surface area contributed by atoms with Crippen LogP contribution in [0.3, 0.4) is 0 Å². The Bertz CT molecular complexity index is 1430. The number of aryl methyl sites for hydroxylation is 2. The van der Waals surface area contributed by atoms with Gasteiger partial charge in [-0.25, -0.2) is 9.97 Å². The molecule has 1 fully saturated rings. The van der Waals surface area contributed by atoms with E-state index in [4.69, 9.17) is 23.9 Å². The number of esters is 1. The Balaban J connectivity index is 1.69. The number of hydrogen-bond donors (Lipinski definition) is 0. The van der Waals surface area contributed by atoms with Gasteiger partial charge in [-0.15, -0.1) is 5.54 Å². The molecule has 0 N–H and O–H groups in total. The lowest BCUT2D eigenvalue weighted by Crippen LogP contribution is -2.44. The summed E-state index contributed by atoms with van der Waals surface area (Å²) >= 11 is 0. The zero-order valence-electron chi connectivity index (χ0n) is 26.1. The molecule has 1 aliphatic heterocycles. The second-order valence-corrected chi connectivity index (χ2v) is 23.1. The maximum atomic E-state index is 12.0. The highest BCUT2D eigenvalue weighted by Crippen LogP contribution is 2.39. The third kappa shape index (κ3) is 7.74. The largest absolute Gasteiger partial charge is 0.460 e. The first-order valence-electron chi connectivity index (χ1n) is 14.5. The Labute approximate surface area is 247 Å². The molecule has 0 unspecified atom stereocenters. The van der Waals surface area contributed by atoms with Gasteiger partial charge in [0.2, 0.25) is 0 Å². The van der Waals surface area contributed by atoms with Crippen LogP contribution in [-0.4, -0.2) is 55.7 Å². The van der Waals surface area contributed by atoms with Crippen molar-refractivity contribution in [3.63, 3.8) is 0 Å². The molecular weight excluding hydrogens is 547 g/mol. The average molecular weight is 592 g/mol. The molecule has 1 aliphatic rings. The van der Waals surface area contributed by atoms with Crippen molar-refractivity contribution in [2.75, 3.05) is 6.61 Å². The Morgan fingerprint density at radius 1 is 1.10 bits per heavy atom. The summed E-state index contributed by atoms with van der Waals surface area (Å²) < 4.78 is 20.9. The zero-order valence-corrected chi connectivity index (χ0v) is 28.1. The number of nitrogens with zero attached hydrogens (tertiary/aromatic N) is 3. The Kier molecular flexibility index (Phi) is 9.29. The van der Waals surface area contributed by atoms with Crippen molar-refractivity contribution in [3.8, 4) is 11.5 Å². The quantitative estimate of drug-likeness (QED) is 0.165. The molecule has 0 saturated carbocycles. The van der Waals surface area contributed by atoms with Crippen LogP contribution in [0.25, 0.3) is 11.0 Å². The van der Waals surface area contributed by atoms with E-state index in [9.17, 15) is 4.79 Å². The van der Waals surface area contributed by atoms with Gasteiger partial charge in [-0.2, -0.15) is 0 Å². The first-order chi connectivity index (χ1) is 19.1. The SMILES string of the molecule is CC(=O)O[C@H]1C[C@H](n2cc(C#C[Si](C)(C)C)c3c(CCc4ccccc4)ncnc32)O[C@@H]1CO[Si](C)(C)C(C)(C)C. The van der Waals surface area contributed by atoms with E-state index in [1.807, 2.05) is 12.3 Å². The summed E-state index contributed by atoms with van der Waals surface area (Å²) in [6.07, 6.45) is 4.70. The first-order valence-corrected chi connectivity index (χ1v) is 20.9. The van der Waals surface area contributed by atoms with Gasteiger partial charge in [0.1, 0.15) is 38.5 Å². The molecule has 0 amide bonds. The smallest absolute Gasteiger partial charge is 0.302 e. The highest BCUT2D eigenvalue weighted by atomic mass is 28.4. The Morgan fingerprint density at radius 2 is 1.80 bits per heavy atom. The predicted octanol–water partition coefficient (Wildman–Crippen LogP) is 6.69. The summed E-state index contributed by atoms with van der Waals surface area (Å²) in [5.41, 5.74) is 7.47. The van der Waals surface area contributed by atoms with E-state index in [0.717, 1.165) is 35.1 Å². The molecule has 1 aromatic carbocycles. The fourth-order valence-electron chi connectivity index (χ4n) is 4.68. The number of benzene rings is 1. The van der Waals surface area contributed by atoms with Gasteiger partial charge in [-0.3, -0.25) is 4.79 Å². The van der Waals surface area contributed by atoms with Gasteiger partial charge in [0.05, 0.1) is 23.3 Å². The second-order valence-electron chi connectivity index (χ2n) is 13.5. The summed E-state index contributed by atoms with van der Waals surface area (Å²) in [6.45, 7) is 19.6. The minimum atomic E-state index is -2.02. The number of fused-ring (bicyclic) bond motifs is 1. The molecule has 41 heavy (non-hydrogen) atoms. The molecular formula is C32H45N3O4Si2. The predicted molar refractivity (Wildman–Crippen MR) is 169 cm³/mol. The monoisotopic (exact) mass is 591 g/mol. The number of carbonyl (C=O) groups is 1. The van der Waals surface area contributed by atoms with Gasteiger partial charge in [0.15, 0.2) is 8.32 Å². The van der Waals surface area contributed by atoms with E-state index >= 15 is 0 Å². The van der Waals surface area contributed by atoms with E-state index < -0.39 is 22.5 Å². The van der Waals surface area contributed by atoms with Gasteiger partial charge in [-0.05, 0) is 36.5 Å². The van der Waals surface area contributed by atoms with Crippen molar-refractivity contribution in [1.82, 2.24) is 14.5 Å². The third-order valence-electron chi connectivity index (χ3n) is 7.98. The average Bonchev–Trinajstić information content (AvgIpc) is 3.45. The van der Waals surface area contributed by atoms with Crippen molar-refractivity contribution in [3.05, 3.63) is 59.7 Å². The van der Waals surface area contributed by atoms with Crippen LogP contribution >= 0.6 is 0 Å². The summed E-state index contributed by atoms with van der Waals surface area (Å²) in [6, 6.07) is 10.4. The molecule has 3 atom stereocenters.